The fraction of sp³-hybridized carbons (Fsp3) is 0.667. The van der Waals surface area contributed by atoms with Crippen LogP contribution in [0.15, 0.2) is 0 Å². The number of hydrogen-bond donors (Lipinski definition) is 1. The van der Waals surface area contributed by atoms with Gasteiger partial charge in [-0.3, -0.25) is 14.9 Å². The number of urea groups is 1. The molecule has 0 spiro atoms. The maximum atomic E-state index is 11.3. The number of rotatable bonds is 5. The number of halogens is 1. The molecule has 1 N–H and O–H groups in total. The Morgan fingerprint density at radius 1 is 1.38 bits per heavy atom. The van der Waals surface area contributed by atoms with Crippen molar-refractivity contribution in [3.63, 3.8) is 0 Å². The minimum Gasteiger partial charge on any atom is -0.465 e. The number of likely N-dealkylation sites (N-methyl/N-ethyl adjacent to an activating group) is 1. The zero-order valence-corrected chi connectivity index (χ0v) is 10.0. The van der Waals surface area contributed by atoms with E-state index in [2.05, 4.69) is 10.1 Å². The van der Waals surface area contributed by atoms with Crippen LogP contribution in [0.2, 0.25) is 0 Å². The summed E-state index contributed by atoms with van der Waals surface area (Å²) < 4.78 is 4.65. The second kappa shape index (κ2) is 7.92. The summed E-state index contributed by atoms with van der Waals surface area (Å²) in [5.74, 6) is -0.860. The van der Waals surface area contributed by atoms with Gasteiger partial charge in [-0.25, -0.2) is 4.79 Å². The van der Waals surface area contributed by atoms with Crippen LogP contribution >= 0.6 is 11.6 Å². The van der Waals surface area contributed by atoms with E-state index in [1.54, 1.807) is 6.92 Å². The third kappa shape index (κ3) is 6.23. The molecule has 0 aliphatic carbocycles. The smallest absolute Gasteiger partial charge is 0.325 e. The standard InChI is InChI=1S/C9H15ClN2O4/c1-3-16-8(14)6-12(2)9(15)11-7(13)4-5-10/h3-6H2,1-2H3,(H,11,13,15). The molecule has 0 bridgehead atoms. The molecule has 0 unspecified atom stereocenters. The van der Waals surface area contributed by atoms with Crippen molar-refractivity contribution in [3.8, 4) is 0 Å². The largest absolute Gasteiger partial charge is 0.465 e. The quantitative estimate of drug-likeness (QED) is 0.564. The van der Waals surface area contributed by atoms with E-state index < -0.39 is 17.9 Å². The van der Waals surface area contributed by atoms with E-state index in [9.17, 15) is 14.4 Å². The van der Waals surface area contributed by atoms with Crippen LogP contribution in [0.4, 0.5) is 4.79 Å². The molecular formula is C9H15ClN2O4. The van der Waals surface area contributed by atoms with Gasteiger partial charge in [-0.15, -0.1) is 11.6 Å². The first-order valence-corrected chi connectivity index (χ1v) is 5.31. The number of carbonyl (C=O) groups is 3. The molecule has 0 rings (SSSR count). The Hall–Kier alpha value is -1.30. The number of carbonyl (C=O) groups excluding carboxylic acids is 3. The molecular weight excluding hydrogens is 236 g/mol. The lowest BCUT2D eigenvalue weighted by molar-refractivity contribution is -0.143. The Labute approximate surface area is 98.9 Å². The summed E-state index contributed by atoms with van der Waals surface area (Å²) in [4.78, 5) is 34.4. The van der Waals surface area contributed by atoms with E-state index in [0.717, 1.165) is 4.90 Å². The predicted octanol–water partition coefficient (Wildman–Crippen LogP) is 0.346. The number of nitrogens with one attached hydrogen (secondary N) is 1. The number of hydrogen-bond acceptors (Lipinski definition) is 4. The van der Waals surface area contributed by atoms with Gasteiger partial charge >= 0.3 is 12.0 Å². The molecule has 0 heterocycles. The van der Waals surface area contributed by atoms with Crippen molar-refractivity contribution in [3.05, 3.63) is 0 Å². The van der Waals surface area contributed by atoms with Gasteiger partial charge in [0.25, 0.3) is 0 Å². The average Bonchev–Trinajstić information content (AvgIpc) is 2.17. The molecule has 0 aromatic rings. The predicted molar refractivity (Wildman–Crippen MR) is 58.1 cm³/mol. The number of esters is 1. The van der Waals surface area contributed by atoms with Gasteiger partial charge in [0.1, 0.15) is 6.54 Å². The van der Waals surface area contributed by atoms with E-state index in [1.807, 2.05) is 0 Å². The number of alkyl halides is 1. The molecule has 0 aliphatic heterocycles. The lowest BCUT2D eigenvalue weighted by Crippen LogP contribution is -2.43. The molecule has 0 saturated carbocycles. The molecule has 6 nitrogen and oxygen atoms in total. The highest BCUT2D eigenvalue weighted by Gasteiger charge is 2.15. The summed E-state index contributed by atoms with van der Waals surface area (Å²) >= 11 is 5.33. The molecule has 0 aromatic carbocycles. The van der Waals surface area contributed by atoms with Gasteiger partial charge in [-0.05, 0) is 6.92 Å². The lowest BCUT2D eigenvalue weighted by atomic mass is 10.4. The second-order valence-corrected chi connectivity index (χ2v) is 3.33. The fourth-order valence-corrected chi connectivity index (χ4v) is 1.01. The number of ether oxygens (including phenoxy) is 1. The highest BCUT2D eigenvalue weighted by molar-refractivity contribution is 6.19. The van der Waals surface area contributed by atoms with Gasteiger partial charge in [0.2, 0.25) is 5.91 Å². The van der Waals surface area contributed by atoms with Crippen LogP contribution in [0, 0.1) is 0 Å². The lowest BCUT2D eigenvalue weighted by Gasteiger charge is -2.15. The van der Waals surface area contributed by atoms with Crippen molar-refractivity contribution in [1.82, 2.24) is 10.2 Å². The second-order valence-electron chi connectivity index (χ2n) is 2.95. The third-order valence-corrected chi connectivity index (χ3v) is 1.78. The highest BCUT2D eigenvalue weighted by Crippen LogP contribution is 1.90. The van der Waals surface area contributed by atoms with Crippen molar-refractivity contribution in [1.29, 1.82) is 0 Å². The molecule has 0 fully saturated rings. The molecule has 0 aromatic heterocycles. The fourth-order valence-electron chi connectivity index (χ4n) is 0.835. The monoisotopic (exact) mass is 250 g/mol. The van der Waals surface area contributed by atoms with Gasteiger partial charge in [-0.2, -0.15) is 0 Å². The van der Waals surface area contributed by atoms with Crippen LogP contribution < -0.4 is 5.32 Å². The van der Waals surface area contributed by atoms with Gasteiger partial charge in [0.15, 0.2) is 0 Å². The van der Waals surface area contributed by atoms with Gasteiger partial charge in [0.05, 0.1) is 6.61 Å². The Bertz CT molecular complexity index is 270. The molecule has 92 valence electrons. The maximum Gasteiger partial charge on any atom is 0.325 e. The minimum absolute atomic E-state index is 0.0561. The van der Waals surface area contributed by atoms with Crippen LogP contribution in [0.1, 0.15) is 13.3 Å². The van der Waals surface area contributed by atoms with Gasteiger partial charge in [0, 0.05) is 19.3 Å². The van der Waals surface area contributed by atoms with Crippen molar-refractivity contribution in [2.45, 2.75) is 13.3 Å². The first-order valence-electron chi connectivity index (χ1n) is 4.77. The van der Waals surface area contributed by atoms with E-state index in [-0.39, 0.29) is 25.5 Å². The summed E-state index contributed by atoms with van der Waals surface area (Å²) in [6.07, 6.45) is 0.0561. The Morgan fingerprint density at radius 2 is 2.00 bits per heavy atom. The van der Waals surface area contributed by atoms with Crippen LogP contribution in [0.3, 0.4) is 0 Å². The van der Waals surface area contributed by atoms with Crippen molar-refractivity contribution < 1.29 is 19.1 Å². The van der Waals surface area contributed by atoms with Crippen molar-refractivity contribution in [2.75, 3.05) is 26.1 Å². The first-order chi connectivity index (χ1) is 7.51. The Kier molecular flexibility index (Phi) is 7.28. The van der Waals surface area contributed by atoms with E-state index in [4.69, 9.17) is 11.6 Å². The zero-order valence-electron chi connectivity index (χ0n) is 9.29. The Morgan fingerprint density at radius 3 is 2.50 bits per heavy atom. The third-order valence-electron chi connectivity index (χ3n) is 1.59. The summed E-state index contributed by atoms with van der Waals surface area (Å²) in [5.41, 5.74) is 0. The molecule has 0 aliphatic rings. The average molecular weight is 251 g/mol. The van der Waals surface area contributed by atoms with Crippen LogP contribution in [-0.4, -0.2) is 48.9 Å². The van der Waals surface area contributed by atoms with Crippen molar-refractivity contribution in [2.24, 2.45) is 0 Å². The van der Waals surface area contributed by atoms with Crippen LogP contribution in [0.25, 0.3) is 0 Å². The van der Waals surface area contributed by atoms with E-state index >= 15 is 0 Å². The molecule has 0 atom stereocenters. The molecule has 0 radical (unpaired) electrons. The van der Waals surface area contributed by atoms with Crippen LogP contribution in [-0.2, 0) is 14.3 Å². The number of amides is 3. The van der Waals surface area contributed by atoms with Gasteiger partial charge < -0.3 is 9.64 Å². The highest BCUT2D eigenvalue weighted by atomic mass is 35.5. The first kappa shape index (κ1) is 14.7. The number of imide groups is 1. The molecule has 7 heteroatoms. The van der Waals surface area contributed by atoms with Crippen molar-refractivity contribution >= 4 is 29.5 Å². The van der Waals surface area contributed by atoms with E-state index in [0.29, 0.717) is 0 Å². The summed E-state index contributed by atoms with van der Waals surface area (Å²) in [5, 5.41) is 2.08. The SMILES string of the molecule is CCOC(=O)CN(C)C(=O)NC(=O)CCCl. The van der Waals surface area contributed by atoms with E-state index in [1.165, 1.54) is 7.05 Å². The van der Waals surface area contributed by atoms with Gasteiger partial charge in [-0.1, -0.05) is 0 Å². The summed E-state index contributed by atoms with van der Waals surface area (Å²) in [6, 6.07) is -0.650. The molecule has 3 amide bonds. The zero-order chi connectivity index (χ0) is 12.6. The topological polar surface area (TPSA) is 75.7 Å². The minimum atomic E-state index is -0.650. The number of nitrogens with zero attached hydrogens (tertiary/aromatic N) is 1. The maximum absolute atomic E-state index is 11.3. The summed E-state index contributed by atoms with van der Waals surface area (Å²) in [7, 11) is 1.39. The van der Waals surface area contributed by atoms with Crippen LogP contribution in [0.5, 0.6) is 0 Å². The molecule has 16 heavy (non-hydrogen) atoms. The summed E-state index contributed by atoms with van der Waals surface area (Å²) in [6.45, 7) is 1.72. The molecule has 0 saturated heterocycles. The Balaban J connectivity index is 3.99. The normalized spacial score (nSPS) is 9.44.